The van der Waals surface area contributed by atoms with E-state index < -0.39 is 0 Å². The van der Waals surface area contributed by atoms with Crippen LogP contribution >= 0.6 is 0 Å². The summed E-state index contributed by atoms with van der Waals surface area (Å²) in [5.41, 5.74) is 0.604. The number of hydrogen-bond donors (Lipinski definition) is 1. The van der Waals surface area contributed by atoms with Crippen LogP contribution in [0.4, 0.5) is 0 Å². The number of para-hydroxylation sites is 1. The fourth-order valence-electron chi connectivity index (χ4n) is 2.91. The lowest BCUT2D eigenvalue weighted by Gasteiger charge is -2.34. The maximum absolute atomic E-state index is 12.4. The zero-order valence-corrected chi connectivity index (χ0v) is 12.2. The van der Waals surface area contributed by atoms with Gasteiger partial charge in [0.15, 0.2) is 5.78 Å². The van der Waals surface area contributed by atoms with E-state index in [-0.39, 0.29) is 17.9 Å². The van der Waals surface area contributed by atoms with E-state index in [1.54, 1.807) is 19.2 Å². The van der Waals surface area contributed by atoms with Gasteiger partial charge in [0.2, 0.25) is 0 Å². The van der Waals surface area contributed by atoms with Gasteiger partial charge in [0.1, 0.15) is 5.75 Å². The Kier molecular flexibility index (Phi) is 5.15. The zero-order valence-electron chi connectivity index (χ0n) is 12.2. The van der Waals surface area contributed by atoms with E-state index in [9.17, 15) is 9.90 Å². The fraction of sp³-hybridized carbons (Fsp3) is 0.562. The standard InChI is InChI=1S/C16H23NO3/c1-17(13-8-4-5-9-14(13)18)11-15(19)12-7-3-6-10-16(12)20-2/h3,6-7,10,13-14,18H,4-5,8-9,11H2,1-2H3. The second-order valence-corrected chi connectivity index (χ2v) is 5.46. The van der Waals surface area contributed by atoms with Crippen molar-refractivity contribution in [2.45, 2.75) is 37.8 Å². The third kappa shape index (κ3) is 3.38. The van der Waals surface area contributed by atoms with Crippen molar-refractivity contribution in [3.63, 3.8) is 0 Å². The summed E-state index contributed by atoms with van der Waals surface area (Å²) in [5, 5.41) is 10.0. The number of ketones is 1. The van der Waals surface area contributed by atoms with E-state index in [2.05, 4.69) is 0 Å². The highest BCUT2D eigenvalue weighted by Gasteiger charge is 2.28. The Hall–Kier alpha value is -1.39. The normalized spacial score (nSPS) is 22.8. The van der Waals surface area contributed by atoms with Crippen molar-refractivity contribution in [2.24, 2.45) is 0 Å². The summed E-state index contributed by atoms with van der Waals surface area (Å²) in [5.74, 6) is 0.637. The van der Waals surface area contributed by atoms with Gasteiger partial charge in [0.25, 0.3) is 0 Å². The molecular weight excluding hydrogens is 254 g/mol. The number of rotatable bonds is 5. The predicted octanol–water partition coefficient (Wildman–Crippen LogP) is 2.11. The smallest absolute Gasteiger partial charge is 0.180 e. The maximum Gasteiger partial charge on any atom is 0.180 e. The van der Waals surface area contributed by atoms with Gasteiger partial charge in [-0.2, -0.15) is 0 Å². The highest BCUT2D eigenvalue weighted by atomic mass is 16.5. The molecule has 2 unspecified atom stereocenters. The van der Waals surface area contributed by atoms with Gasteiger partial charge in [-0.05, 0) is 32.0 Å². The van der Waals surface area contributed by atoms with E-state index in [1.165, 1.54) is 0 Å². The second-order valence-electron chi connectivity index (χ2n) is 5.46. The topological polar surface area (TPSA) is 49.8 Å². The molecule has 20 heavy (non-hydrogen) atoms. The quantitative estimate of drug-likeness (QED) is 0.838. The van der Waals surface area contributed by atoms with Crippen molar-refractivity contribution in [3.05, 3.63) is 29.8 Å². The van der Waals surface area contributed by atoms with Gasteiger partial charge in [0, 0.05) is 6.04 Å². The number of Topliss-reactive ketones (excluding diaryl/α,β-unsaturated/α-hetero) is 1. The molecule has 0 aliphatic heterocycles. The van der Waals surface area contributed by atoms with Gasteiger partial charge in [-0.3, -0.25) is 9.69 Å². The first-order valence-corrected chi connectivity index (χ1v) is 7.18. The number of aliphatic hydroxyl groups is 1. The van der Waals surface area contributed by atoms with Crippen LogP contribution in [0.15, 0.2) is 24.3 Å². The second kappa shape index (κ2) is 6.86. The largest absolute Gasteiger partial charge is 0.496 e. The van der Waals surface area contributed by atoms with Crippen LogP contribution in [-0.4, -0.2) is 48.6 Å². The first-order chi connectivity index (χ1) is 9.63. The lowest BCUT2D eigenvalue weighted by molar-refractivity contribution is 0.0321. The summed E-state index contributed by atoms with van der Waals surface area (Å²) < 4.78 is 5.23. The van der Waals surface area contributed by atoms with Crippen LogP contribution in [-0.2, 0) is 0 Å². The molecule has 1 saturated carbocycles. The molecular formula is C16H23NO3. The Morgan fingerprint density at radius 2 is 2.05 bits per heavy atom. The third-order valence-electron chi connectivity index (χ3n) is 4.06. The zero-order chi connectivity index (χ0) is 14.5. The molecule has 4 heteroatoms. The molecule has 2 rings (SSSR count). The van der Waals surface area contributed by atoms with Gasteiger partial charge in [-0.1, -0.05) is 25.0 Å². The number of hydrogen-bond acceptors (Lipinski definition) is 4. The van der Waals surface area contributed by atoms with E-state index in [4.69, 9.17) is 4.74 Å². The molecule has 1 aromatic rings. The molecule has 1 aliphatic rings. The van der Waals surface area contributed by atoms with Crippen LogP contribution in [0.5, 0.6) is 5.75 Å². The van der Waals surface area contributed by atoms with Crippen molar-refractivity contribution in [1.29, 1.82) is 0 Å². The number of carbonyl (C=O) groups excluding carboxylic acids is 1. The molecule has 110 valence electrons. The number of carbonyl (C=O) groups is 1. The van der Waals surface area contributed by atoms with Crippen molar-refractivity contribution < 1.29 is 14.6 Å². The average molecular weight is 277 g/mol. The first kappa shape index (κ1) is 15.0. The Balaban J connectivity index is 2.03. The molecule has 0 bridgehead atoms. The molecule has 0 aromatic heterocycles. The molecule has 1 fully saturated rings. The Labute approximate surface area is 120 Å². The van der Waals surface area contributed by atoms with E-state index in [1.807, 2.05) is 24.1 Å². The summed E-state index contributed by atoms with van der Waals surface area (Å²) in [4.78, 5) is 14.4. The van der Waals surface area contributed by atoms with Crippen LogP contribution < -0.4 is 4.74 Å². The number of benzene rings is 1. The molecule has 0 heterocycles. The monoisotopic (exact) mass is 277 g/mol. The van der Waals surface area contributed by atoms with Crippen molar-refractivity contribution in [1.82, 2.24) is 4.90 Å². The van der Waals surface area contributed by atoms with Crippen molar-refractivity contribution >= 4 is 5.78 Å². The molecule has 1 aromatic carbocycles. The van der Waals surface area contributed by atoms with Crippen LogP contribution in [0.25, 0.3) is 0 Å². The lowest BCUT2D eigenvalue weighted by Crippen LogP contribution is -2.45. The van der Waals surface area contributed by atoms with Gasteiger partial charge in [-0.25, -0.2) is 0 Å². The number of aliphatic hydroxyl groups excluding tert-OH is 1. The molecule has 0 spiro atoms. The van der Waals surface area contributed by atoms with Crippen LogP contribution in [0.3, 0.4) is 0 Å². The predicted molar refractivity (Wildman–Crippen MR) is 78.2 cm³/mol. The molecule has 1 aliphatic carbocycles. The molecule has 4 nitrogen and oxygen atoms in total. The van der Waals surface area contributed by atoms with E-state index >= 15 is 0 Å². The van der Waals surface area contributed by atoms with Crippen LogP contribution in [0.2, 0.25) is 0 Å². The fourth-order valence-corrected chi connectivity index (χ4v) is 2.91. The first-order valence-electron chi connectivity index (χ1n) is 7.18. The van der Waals surface area contributed by atoms with Gasteiger partial charge >= 0.3 is 0 Å². The van der Waals surface area contributed by atoms with Gasteiger partial charge in [-0.15, -0.1) is 0 Å². The maximum atomic E-state index is 12.4. The minimum Gasteiger partial charge on any atom is -0.496 e. The Morgan fingerprint density at radius 3 is 2.75 bits per heavy atom. The van der Waals surface area contributed by atoms with E-state index in [0.717, 1.165) is 25.7 Å². The van der Waals surface area contributed by atoms with Gasteiger partial charge in [0.05, 0.1) is 25.3 Å². The average Bonchev–Trinajstić information content (AvgIpc) is 2.47. The third-order valence-corrected chi connectivity index (χ3v) is 4.06. The number of likely N-dealkylation sites (N-methyl/N-ethyl adjacent to an activating group) is 1. The summed E-state index contributed by atoms with van der Waals surface area (Å²) in [7, 11) is 3.48. The summed E-state index contributed by atoms with van der Waals surface area (Å²) >= 11 is 0. The molecule has 2 atom stereocenters. The minimum atomic E-state index is -0.320. The van der Waals surface area contributed by atoms with Crippen LogP contribution in [0.1, 0.15) is 36.0 Å². The van der Waals surface area contributed by atoms with Gasteiger partial charge < -0.3 is 9.84 Å². The summed E-state index contributed by atoms with van der Waals surface area (Å²) in [6.07, 6.45) is 3.66. The number of nitrogens with zero attached hydrogens (tertiary/aromatic N) is 1. The summed E-state index contributed by atoms with van der Waals surface area (Å²) in [6, 6.07) is 7.35. The number of methoxy groups -OCH3 is 1. The van der Waals surface area contributed by atoms with Crippen LogP contribution in [0, 0.1) is 0 Å². The molecule has 0 radical (unpaired) electrons. The highest BCUT2D eigenvalue weighted by Crippen LogP contribution is 2.23. The molecule has 0 saturated heterocycles. The SMILES string of the molecule is COc1ccccc1C(=O)CN(C)C1CCCCC1O. The Bertz CT molecular complexity index is 461. The molecule has 0 amide bonds. The Morgan fingerprint density at radius 1 is 1.35 bits per heavy atom. The highest BCUT2D eigenvalue weighted by molar-refractivity contribution is 6.00. The summed E-state index contributed by atoms with van der Waals surface area (Å²) in [6.45, 7) is 0.308. The van der Waals surface area contributed by atoms with E-state index in [0.29, 0.717) is 17.9 Å². The van der Waals surface area contributed by atoms with Crippen molar-refractivity contribution in [3.8, 4) is 5.75 Å². The minimum absolute atomic E-state index is 0.0303. The number of ether oxygens (including phenoxy) is 1. The molecule has 1 N–H and O–H groups in total. The van der Waals surface area contributed by atoms with Crippen molar-refractivity contribution in [2.75, 3.05) is 20.7 Å². The lowest BCUT2D eigenvalue weighted by atomic mass is 9.91.